The smallest absolute Gasteiger partial charge is 0 e. The fourth-order valence-electron chi connectivity index (χ4n) is 1.41. The summed E-state index contributed by atoms with van der Waals surface area (Å²) in [5.41, 5.74) is 2.45. The average Bonchev–Trinajstić information content (AvgIpc) is 2.61. The van der Waals surface area contributed by atoms with Crippen LogP contribution in [0.5, 0.6) is 5.75 Å². The van der Waals surface area contributed by atoms with Gasteiger partial charge in [-0.05, 0) is 23.3 Å². The summed E-state index contributed by atoms with van der Waals surface area (Å²) in [5.74, 6) is 0.893. The zero-order chi connectivity index (χ0) is 15.8. The summed E-state index contributed by atoms with van der Waals surface area (Å²) < 4.78 is 27.6. The SMILES string of the molecule is COc1ccc(-c2ccccc2)cc1.[C-]#[O+].[C-]#[O+].[C-]#[O+].[Cr]. The Kier molecular flexibility index (Phi) is 20.6. The van der Waals surface area contributed by atoms with E-state index >= 15 is 0 Å². The van der Waals surface area contributed by atoms with Gasteiger partial charge in [0.1, 0.15) is 5.75 Å². The number of ether oxygens (including phenoxy) is 1. The molecule has 0 aromatic heterocycles. The number of hydrogen-bond donors (Lipinski definition) is 0. The Hall–Kier alpha value is -2.01. The maximum absolute atomic E-state index is 7.50. The molecular formula is C16H12CrO4. The van der Waals surface area contributed by atoms with Crippen LogP contribution in [0.15, 0.2) is 54.6 Å². The summed E-state index contributed by atoms with van der Waals surface area (Å²) in [7, 11) is 1.68. The van der Waals surface area contributed by atoms with E-state index in [4.69, 9.17) is 18.7 Å². The fourth-order valence-corrected chi connectivity index (χ4v) is 1.41. The first-order valence-corrected chi connectivity index (χ1v) is 5.21. The van der Waals surface area contributed by atoms with E-state index in [0.717, 1.165) is 5.75 Å². The summed E-state index contributed by atoms with van der Waals surface area (Å²) >= 11 is 0. The summed E-state index contributed by atoms with van der Waals surface area (Å²) in [6, 6.07) is 18.4. The van der Waals surface area contributed by atoms with Crippen molar-refractivity contribution in [2.75, 3.05) is 7.11 Å². The number of methoxy groups -OCH3 is 1. The molecule has 106 valence electrons. The molecule has 2 rings (SSSR count). The molecule has 0 aliphatic carbocycles. The van der Waals surface area contributed by atoms with Gasteiger partial charge in [-0.15, -0.1) is 0 Å². The summed E-state index contributed by atoms with van der Waals surface area (Å²) in [5, 5.41) is 0. The number of rotatable bonds is 2. The van der Waals surface area contributed by atoms with Crippen LogP contribution in [0.25, 0.3) is 11.1 Å². The molecular weight excluding hydrogens is 308 g/mol. The minimum atomic E-state index is 0. The quantitative estimate of drug-likeness (QED) is 0.618. The van der Waals surface area contributed by atoms with Crippen LogP contribution in [-0.2, 0) is 31.3 Å². The monoisotopic (exact) mass is 320 g/mol. The molecule has 0 saturated carbocycles. The third-order valence-corrected chi connectivity index (χ3v) is 2.20. The Morgan fingerprint density at radius 2 is 1.05 bits per heavy atom. The molecule has 21 heavy (non-hydrogen) atoms. The second kappa shape index (κ2) is 18.0. The van der Waals surface area contributed by atoms with E-state index in [-0.39, 0.29) is 17.4 Å². The van der Waals surface area contributed by atoms with Gasteiger partial charge in [-0.25, -0.2) is 0 Å². The van der Waals surface area contributed by atoms with Crippen LogP contribution in [0.4, 0.5) is 0 Å². The first kappa shape index (κ1) is 24.0. The number of benzene rings is 2. The fraction of sp³-hybridized carbons (Fsp3) is 0.0625. The Bertz CT molecular complexity index is 501. The van der Waals surface area contributed by atoms with Crippen molar-refractivity contribution in [3.8, 4) is 16.9 Å². The van der Waals surface area contributed by atoms with Crippen LogP contribution in [0, 0.1) is 20.0 Å². The van der Waals surface area contributed by atoms with Crippen molar-refractivity contribution >= 4 is 0 Å². The van der Waals surface area contributed by atoms with E-state index in [2.05, 4.69) is 44.2 Å². The summed E-state index contributed by atoms with van der Waals surface area (Å²) in [6.45, 7) is 13.5. The van der Waals surface area contributed by atoms with Crippen LogP contribution < -0.4 is 4.74 Å². The van der Waals surface area contributed by atoms with Gasteiger partial charge in [0.25, 0.3) is 0 Å². The molecule has 0 fully saturated rings. The first-order chi connectivity index (χ1) is 9.90. The van der Waals surface area contributed by atoms with Crippen LogP contribution in [0.2, 0.25) is 0 Å². The van der Waals surface area contributed by atoms with E-state index in [0.29, 0.717) is 0 Å². The van der Waals surface area contributed by atoms with Gasteiger partial charge < -0.3 is 4.74 Å². The minimum absolute atomic E-state index is 0. The average molecular weight is 320 g/mol. The number of hydrogen-bond acceptors (Lipinski definition) is 1. The van der Waals surface area contributed by atoms with E-state index in [1.54, 1.807) is 7.11 Å². The topological polar surface area (TPSA) is 68.9 Å². The van der Waals surface area contributed by atoms with Gasteiger partial charge in [0.2, 0.25) is 0 Å². The van der Waals surface area contributed by atoms with Crippen molar-refractivity contribution in [1.82, 2.24) is 0 Å². The molecule has 0 spiro atoms. The van der Waals surface area contributed by atoms with Gasteiger partial charge in [0.15, 0.2) is 0 Å². The van der Waals surface area contributed by atoms with Crippen molar-refractivity contribution in [2.45, 2.75) is 0 Å². The molecule has 0 aliphatic rings. The normalized spacial score (nSPS) is 6.81. The van der Waals surface area contributed by atoms with Crippen LogP contribution in [0.3, 0.4) is 0 Å². The predicted octanol–water partition coefficient (Wildman–Crippen LogP) is 3.25. The largest absolute Gasteiger partial charge is 0 e. The third-order valence-electron chi connectivity index (χ3n) is 2.20. The molecule has 0 unspecified atom stereocenters. The van der Waals surface area contributed by atoms with Gasteiger partial charge >= 0.3 is 33.9 Å². The standard InChI is InChI=1S/C13H12O.3CO.Cr/c1-14-13-9-7-12(8-10-13)11-5-3-2-4-6-11;3*1-2;/h2-10H,1H3;;;;. The Balaban J connectivity index is -0.000000414. The molecule has 4 nitrogen and oxygen atoms in total. The molecule has 0 bridgehead atoms. The zero-order valence-electron chi connectivity index (χ0n) is 11.2. The predicted molar refractivity (Wildman–Crippen MR) is 70.2 cm³/mol. The van der Waals surface area contributed by atoms with Gasteiger partial charge in [-0.1, -0.05) is 42.5 Å². The van der Waals surface area contributed by atoms with Crippen molar-refractivity contribution < 1.29 is 36.1 Å². The van der Waals surface area contributed by atoms with Crippen molar-refractivity contribution in [3.63, 3.8) is 0 Å². The van der Waals surface area contributed by atoms with Gasteiger partial charge in [-0.3, -0.25) is 0 Å². The van der Waals surface area contributed by atoms with Crippen molar-refractivity contribution in [2.24, 2.45) is 0 Å². The molecule has 0 radical (unpaired) electrons. The Labute approximate surface area is 135 Å². The van der Waals surface area contributed by atoms with Crippen molar-refractivity contribution in [1.29, 1.82) is 0 Å². The minimum Gasteiger partial charge on any atom is 0 e. The molecule has 2 aromatic rings. The van der Waals surface area contributed by atoms with E-state index < -0.39 is 0 Å². The first-order valence-electron chi connectivity index (χ1n) is 5.21. The molecule has 0 N–H and O–H groups in total. The van der Waals surface area contributed by atoms with Crippen LogP contribution in [-0.4, -0.2) is 7.11 Å². The second-order valence-electron chi connectivity index (χ2n) is 3.09. The van der Waals surface area contributed by atoms with E-state index in [1.807, 2.05) is 30.3 Å². The summed E-state index contributed by atoms with van der Waals surface area (Å²) in [4.78, 5) is 0. The molecule has 2 aromatic carbocycles. The molecule has 0 saturated heterocycles. The van der Waals surface area contributed by atoms with E-state index in [1.165, 1.54) is 11.1 Å². The molecule has 0 atom stereocenters. The molecule has 0 amide bonds. The second-order valence-corrected chi connectivity index (χ2v) is 3.09. The van der Waals surface area contributed by atoms with E-state index in [9.17, 15) is 0 Å². The molecule has 0 aliphatic heterocycles. The van der Waals surface area contributed by atoms with Gasteiger partial charge in [-0.2, -0.15) is 0 Å². The molecule has 5 heteroatoms. The maximum Gasteiger partial charge on any atom is 0 e. The Morgan fingerprint density at radius 1 is 0.667 bits per heavy atom. The Morgan fingerprint density at radius 3 is 1.43 bits per heavy atom. The third kappa shape index (κ3) is 9.51. The molecule has 0 heterocycles. The summed E-state index contributed by atoms with van der Waals surface area (Å²) in [6.07, 6.45) is 0. The zero-order valence-corrected chi connectivity index (χ0v) is 12.5. The van der Waals surface area contributed by atoms with Crippen LogP contribution >= 0.6 is 0 Å². The van der Waals surface area contributed by atoms with Gasteiger partial charge in [0, 0.05) is 17.4 Å². The van der Waals surface area contributed by atoms with Crippen molar-refractivity contribution in [3.05, 3.63) is 74.5 Å². The van der Waals surface area contributed by atoms with Crippen LogP contribution in [0.1, 0.15) is 0 Å². The van der Waals surface area contributed by atoms with Gasteiger partial charge in [0.05, 0.1) is 7.11 Å². The maximum atomic E-state index is 7.50.